The summed E-state index contributed by atoms with van der Waals surface area (Å²) in [5.74, 6) is 1.73. The highest BCUT2D eigenvalue weighted by Gasteiger charge is 2.28. The van der Waals surface area contributed by atoms with Crippen molar-refractivity contribution in [1.82, 2.24) is 0 Å². The molecule has 0 aromatic heterocycles. The number of rotatable bonds is 6. The van der Waals surface area contributed by atoms with E-state index >= 15 is 0 Å². The first-order chi connectivity index (χ1) is 13.7. The standard InChI is InChI=1S/C25H36N4/c1-16(2)20-11-9-12-21(17(3)4)24(20)28-15-29(27-26-28)25-22(18(5)6)13-10-14-23(25)19(7)8/h9-14,16-19H,15H2,1-8H3. The molecule has 2 aromatic rings. The number of para-hydroxylation sites is 2. The molecule has 0 spiro atoms. The fourth-order valence-corrected chi connectivity index (χ4v) is 4.13. The van der Waals surface area contributed by atoms with E-state index in [2.05, 4.69) is 112 Å². The number of nitrogens with zero attached hydrogens (tertiary/aromatic N) is 4. The van der Waals surface area contributed by atoms with Crippen molar-refractivity contribution in [3.63, 3.8) is 0 Å². The van der Waals surface area contributed by atoms with Crippen molar-refractivity contribution in [1.29, 1.82) is 0 Å². The van der Waals surface area contributed by atoms with Crippen LogP contribution in [-0.4, -0.2) is 6.67 Å². The lowest BCUT2D eigenvalue weighted by molar-refractivity contribution is 0.784. The first-order valence-corrected chi connectivity index (χ1v) is 10.9. The monoisotopic (exact) mass is 392 g/mol. The summed E-state index contributed by atoms with van der Waals surface area (Å²) in [6.07, 6.45) is 0. The first-order valence-electron chi connectivity index (χ1n) is 10.9. The predicted octanol–water partition coefficient (Wildman–Crippen LogP) is 7.75. The fraction of sp³-hybridized carbons (Fsp3) is 0.520. The molecule has 3 rings (SSSR count). The Morgan fingerprint density at radius 1 is 0.552 bits per heavy atom. The van der Waals surface area contributed by atoms with Gasteiger partial charge in [-0.25, -0.2) is 10.0 Å². The van der Waals surface area contributed by atoms with Crippen LogP contribution in [0.2, 0.25) is 0 Å². The molecule has 1 aliphatic rings. The van der Waals surface area contributed by atoms with Crippen LogP contribution >= 0.6 is 0 Å². The first kappa shape index (κ1) is 21.4. The highest BCUT2D eigenvalue weighted by Crippen LogP contribution is 2.40. The average Bonchev–Trinajstić information content (AvgIpc) is 3.15. The molecule has 0 N–H and O–H groups in total. The minimum absolute atomic E-state index is 0.433. The predicted molar refractivity (Wildman–Crippen MR) is 124 cm³/mol. The summed E-state index contributed by atoms with van der Waals surface area (Å²) in [7, 11) is 0. The van der Waals surface area contributed by atoms with Gasteiger partial charge in [0.25, 0.3) is 0 Å². The molecule has 29 heavy (non-hydrogen) atoms. The molecule has 0 bridgehead atoms. The minimum atomic E-state index is 0.433. The lowest BCUT2D eigenvalue weighted by atomic mass is 9.92. The summed E-state index contributed by atoms with van der Waals surface area (Å²) in [5, 5.41) is 13.4. The van der Waals surface area contributed by atoms with E-state index in [0.29, 0.717) is 30.3 Å². The van der Waals surface area contributed by atoms with Gasteiger partial charge in [-0.1, -0.05) is 91.8 Å². The van der Waals surface area contributed by atoms with Gasteiger partial charge >= 0.3 is 0 Å². The average molecular weight is 393 g/mol. The smallest absolute Gasteiger partial charge is 0.138 e. The summed E-state index contributed by atoms with van der Waals surface area (Å²) < 4.78 is 0. The third-order valence-electron chi connectivity index (χ3n) is 5.72. The molecule has 1 aliphatic heterocycles. The van der Waals surface area contributed by atoms with Crippen molar-refractivity contribution >= 4 is 11.4 Å². The van der Waals surface area contributed by atoms with Crippen LogP contribution in [-0.2, 0) is 0 Å². The third-order valence-corrected chi connectivity index (χ3v) is 5.72. The SMILES string of the molecule is CC(C)c1cccc(C(C)C)c1N1CN(c2c(C(C)C)cccc2C(C)C)N=N1. The number of anilines is 2. The molecule has 4 heteroatoms. The van der Waals surface area contributed by atoms with Gasteiger partial charge in [-0.05, 0) is 56.4 Å². The summed E-state index contributed by atoms with van der Waals surface area (Å²) in [6, 6.07) is 13.3. The van der Waals surface area contributed by atoms with Crippen molar-refractivity contribution in [3.8, 4) is 0 Å². The Balaban J connectivity index is 2.05. The maximum Gasteiger partial charge on any atom is 0.138 e. The van der Waals surface area contributed by atoms with Gasteiger partial charge in [0.05, 0.1) is 11.4 Å². The van der Waals surface area contributed by atoms with Crippen LogP contribution < -0.4 is 10.0 Å². The van der Waals surface area contributed by atoms with Crippen molar-refractivity contribution in [2.45, 2.75) is 79.1 Å². The molecule has 0 aliphatic carbocycles. The van der Waals surface area contributed by atoms with Gasteiger partial charge in [0.15, 0.2) is 0 Å². The Kier molecular flexibility index (Phi) is 6.30. The zero-order chi connectivity index (χ0) is 21.3. The zero-order valence-electron chi connectivity index (χ0n) is 19.3. The van der Waals surface area contributed by atoms with E-state index in [1.54, 1.807) is 0 Å². The zero-order valence-corrected chi connectivity index (χ0v) is 19.3. The Morgan fingerprint density at radius 3 is 1.07 bits per heavy atom. The third kappa shape index (κ3) is 4.17. The Bertz CT molecular complexity index is 756. The quantitative estimate of drug-likeness (QED) is 0.503. The molecule has 0 saturated heterocycles. The van der Waals surface area contributed by atoms with Gasteiger partial charge in [0, 0.05) is 0 Å². The van der Waals surface area contributed by atoms with Gasteiger partial charge in [0.2, 0.25) is 0 Å². The van der Waals surface area contributed by atoms with Gasteiger partial charge in [-0.15, -0.1) is 0 Å². The Hall–Kier alpha value is -2.36. The molecule has 1 heterocycles. The molecule has 0 radical (unpaired) electrons. The van der Waals surface area contributed by atoms with Gasteiger partial charge in [-0.3, -0.25) is 0 Å². The molecule has 0 saturated carbocycles. The molecule has 0 amide bonds. The maximum atomic E-state index is 4.64. The van der Waals surface area contributed by atoms with Crippen LogP contribution in [0.3, 0.4) is 0 Å². The second kappa shape index (κ2) is 8.56. The van der Waals surface area contributed by atoms with E-state index in [1.165, 1.54) is 33.6 Å². The molecule has 0 atom stereocenters. The van der Waals surface area contributed by atoms with E-state index in [-0.39, 0.29) is 0 Å². The molecule has 0 fully saturated rings. The van der Waals surface area contributed by atoms with Crippen LogP contribution in [0.4, 0.5) is 11.4 Å². The van der Waals surface area contributed by atoms with Gasteiger partial charge in [-0.2, -0.15) is 0 Å². The lowest BCUT2D eigenvalue weighted by Gasteiger charge is -2.27. The van der Waals surface area contributed by atoms with Crippen molar-refractivity contribution in [2.75, 3.05) is 16.7 Å². The van der Waals surface area contributed by atoms with Crippen LogP contribution in [0.15, 0.2) is 46.8 Å². The maximum absolute atomic E-state index is 4.64. The largest absolute Gasteiger partial charge is 0.223 e. The topological polar surface area (TPSA) is 31.2 Å². The van der Waals surface area contributed by atoms with Gasteiger partial charge < -0.3 is 0 Å². The summed E-state index contributed by atoms with van der Waals surface area (Å²) in [5.41, 5.74) is 7.77. The molecule has 2 aromatic carbocycles. The second-order valence-electron chi connectivity index (χ2n) is 9.31. The number of hydrogen-bond acceptors (Lipinski definition) is 4. The van der Waals surface area contributed by atoms with Crippen LogP contribution in [0, 0.1) is 0 Å². The van der Waals surface area contributed by atoms with E-state index in [4.69, 9.17) is 0 Å². The summed E-state index contributed by atoms with van der Waals surface area (Å²) >= 11 is 0. The lowest BCUT2D eigenvalue weighted by Crippen LogP contribution is -2.28. The summed E-state index contributed by atoms with van der Waals surface area (Å²) in [4.78, 5) is 0. The minimum Gasteiger partial charge on any atom is -0.223 e. The van der Waals surface area contributed by atoms with Crippen molar-refractivity contribution in [2.24, 2.45) is 10.4 Å². The molecule has 4 nitrogen and oxygen atoms in total. The normalized spacial score (nSPS) is 14.3. The molecular formula is C25H36N4. The van der Waals surface area contributed by atoms with E-state index in [1.807, 2.05) is 0 Å². The van der Waals surface area contributed by atoms with Crippen LogP contribution in [0.25, 0.3) is 0 Å². The van der Waals surface area contributed by atoms with E-state index in [9.17, 15) is 0 Å². The molecule has 156 valence electrons. The highest BCUT2D eigenvalue weighted by molar-refractivity contribution is 5.66. The van der Waals surface area contributed by atoms with Crippen LogP contribution in [0.5, 0.6) is 0 Å². The number of benzene rings is 2. The number of hydrogen-bond donors (Lipinski definition) is 0. The molecular weight excluding hydrogens is 356 g/mol. The Morgan fingerprint density at radius 2 is 0.828 bits per heavy atom. The van der Waals surface area contributed by atoms with E-state index in [0.717, 1.165) is 0 Å². The van der Waals surface area contributed by atoms with Crippen LogP contribution in [0.1, 0.15) is 101 Å². The fourth-order valence-electron chi connectivity index (χ4n) is 4.13. The second-order valence-corrected chi connectivity index (χ2v) is 9.31. The molecule has 0 unspecified atom stereocenters. The Labute approximate surface area is 176 Å². The van der Waals surface area contributed by atoms with Gasteiger partial charge in [0.1, 0.15) is 6.67 Å². The van der Waals surface area contributed by atoms with Crippen molar-refractivity contribution in [3.05, 3.63) is 58.7 Å². The summed E-state index contributed by atoms with van der Waals surface area (Å²) in [6.45, 7) is 18.6. The highest BCUT2D eigenvalue weighted by atomic mass is 15.8. The van der Waals surface area contributed by atoms with Crippen molar-refractivity contribution < 1.29 is 0 Å². The van der Waals surface area contributed by atoms with E-state index < -0.39 is 0 Å².